The molecule has 1 aliphatic heterocycles. The van der Waals surface area contributed by atoms with Gasteiger partial charge in [-0.15, -0.1) is 0 Å². The summed E-state index contributed by atoms with van der Waals surface area (Å²) in [4.78, 5) is 12.4. The summed E-state index contributed by atoms with van der Waals surface area (Å²) in [6.45, 7) is 6.81. The van der Waals surface area contributed by atoms with Crippen molar-refractivity contribution in [3.05, 3.63) is 0 Å². The Balaban J connectivity index is 1.49. The molecule has 0 radical (unpaired) electrons. The average molecular weight is 316 g/mol. The second-order valence-corrected chi connectivity index (χ2v) is 9.99. The molecule has 2 nitrogen and oxygen atoms in total. The maximum absolute atomic E-state index is 12.4. The molecule has 8 atom stereocenters. The lowest BCUT2D eigenvalue weighted by Crippen LogP contribution is -2.55. The zero-order chi connectivity index (χ0) is 16.0. The fourth-order valence-corrected chi connectivity index (χ4v) is 8.36. The minimum atomic E-state index is -0.382. The Hall–Kier alpha value is -0.370. The first kappa shape index (κ1) is 14.9. The van der Waals surface area contributed by atoms with Crippen molar-refractivity contribution in [1.29, 1.82) is 0 Å². The molecular weight excluding hydrogens is 284 g/mol. The summed E-state index contributed by atoms with van der Waals surface area (Å²) >= 11 is 0. The topological polar surface area (TPSA) is 29.6 Å². The summed E-state index contributed by atoms with van der Waals surface area (Å²) < 4.78 is 6.04. The van der Waals surface area contributed by atoms with Crippen molar-refractivity contribution in [2.75, 3.05) is 0 Å². The van der Waals surface area contributed by atoms with Crippen LogP contribution in [0, 0.1) is 34.5 Å². The molecule has 23 heavy (non-hydrogen) atoms. The molecule has 0 aromatic rings. The van der Waals surface area contributed by atoms with Crippen LogP contribution in [0.25, 0.3) is 0 Å². The third-order valence-electron chi connectivity index (χ3n) is 9.54. The Labute approximate surface area is 140 Å². The quantitative estimate of drug-likeness (QED) is 0.653. The Morgan fingerprint density at radius 2 is 1.83 bits per heavy atom. The number of carbonyl (C=O) groups is 1. The molecule has 0 aromatic heterocycles. The zero-order valence-electron chi connectivity index (χ0n) is 15.1. The predicted octanol–water partition coefficient (Wildman–Crippen LogP) is 4.76. The second kappa shape index (κ2) is 4.42. The maximum atomic E-state index is 12.4. The van der Waals surface area contributed by atoms with Crippen LogP contribution in [-0.2, 0) is 9.53 Å². The number of ether oxygens (including phenoxy) is 1. The first-order valence-electron chi connectivity index (χ1n) is 10.1. The van der Waals surface area contributed by atoms with Crippen molar-refractivity contribution in [3.8, 4) is 0 Å². The fourth-order valence-electron chi connectivity index (χ4n) is 8.36. The molecule has 4 saturated carbocycles. The molecule has 0 spiro atoms. The van der Waals surface area contributed by atoms with Gasteiger partial charge in [-0.25, -0.2) is 0 Å². The number of hydrogen-bond acceptors (Lipinski definition) is 2. The van der Waals surface area contributed by atoms with Gasteiger partial charge in [-0.05, 0) is 81.0 Å². The highest BCUT2D eigenvalue weighted by Crippen LogP contribution is 2.73. The Bertz CT molecular complexity index is 556. The summed E-state index contributed by atoms with van der Waals surface area (Å²) in [6.07, 6.45) is 12.7. The van der Waals surface area contributed by atoms with E-state index in [1.807, 2.05) is 0 Å². The SMILES string of the molecule is CC(=O)[C@@]12O[C@@H]1C[C@@H]1[C@@H]3CC[C@H]4CCCC[C@]4(C)[C@@H]3CC[C@@]12C. The first-order valence-corrected chi connectivity index (χ1v) is 10.1. The summed E-state index contributed by atoms with van der Waals surface area (Å²) in [5.74, 6) is 3.81. The lowest BCUT2D eigenvalue weighted by molar-refractivity contribution is -0.146. The van der Waals surface area contributed by atoms with Gasteiger partial charge in [0.05, 0.1) is 6.10 Å². The van der Waals surface area contributed by atoms with E-state index in [0.29, 0.717) is 11.2 Å². The van der Waals surface area contributed by atoms with Gasteiger partial charge in [-0.2, -0.15) is 0 Å². The summed E-state index contributed by atoms with van der Waals surface area (Å²) in [5, 5.41) is 0. The van der Waals surface area contributed by atoms with E-state index in [9.17, 15) is 4.79 Å². The first-order chi connectivity index (χ1) is 10.9. The van der Waals surface area contributed by atoms with Crippen molar-refractivity contribution in [2.45, 2.75) is 90.3 Å². The van der Waals surface area contributed by atoms with Crippen LogP contribution >= 0.6 is 0 Å². The van der Waals surface area contributed by atoms with E-state index in [1.165, 1.54) is 51.4 Å². The molecule has 1 heterocycles. The molecule has 0 amide bonds. The molecule has 0 bridgehead atoms. The Morgan fingerprint density at radius 1 is 1.00 bits per heavy atom. The minimum Gasteiger partial charge on any atom is -0.357 e. The zero-order valence-corrected chi connectivity index (χ0v) is 15.1. The monoisotopic (exact) mass is 316 g/mol. The molecule has 5 fully saturated rings. The van der Waals surface area contributed by atoms with E-state index in [1.54, 1.807) is 6.92 Å². The van der Waals surface area contributed by atoms with E-state index >= 15 is 0 Å². The van der Waals surface area contributed by atoms with E-state index in [2.05, 4.69) is 13.8 Å². The number of rotatable bonds is 1. The molecule has 1 saturated heterocycles. The highest BCUT2D eigenvalue weighted by atomic mass is 16.6. The van der Waals surface area contributed by atoms with E-state index in [4.69, 9.17) is 4.74 Å². The molecule has 5 aliphatic rings. The maximum Gasteiger partial charge on any atom is 0.164 e. The summed E-state index contributed by atoms with van der Waals surface area (Å²) in [7, 11) is 0. The predicted molar refractivity (Wildman–Crippen MR) is 90.0 cm³/mol. The second-order valence-electron chi connectivity index (χ2n) is 9.99. The average Bonchev–Trinajstić information content (AvgIpc) is 3.20. The number of epoxide rings is 1. The van der Waals surface area contributed by atoms with E-state index < -0.39 is 0 Å². The Kier molecular flexibility index (Phi) is 2.87. The van der Waals surface area contributed by atoms with Gasteiger partial charge in [0.2, 0.25) is 0 Å². The Morgan fingerprint density at radius 3 is 2.61 bits per heavy atom. The van der Waals surface area contributed by atoms with Crippen LogP contribution in [-0.4, -0.2) is 17.5 Å². The lowest BCUT2D eigenvalue weighted by atomic mass is 9.44. The number of ketones is 1. The van der Waals surface area contributed by atoms with Crippen LogP contribution in [0.3, 0.4) is 0 Å². The van der Waals surface area contributed by atoms with Gasteiger partial charge >= 0.3 is 0 Å². The minimum absolute atomic E-state index is 0.128. The van der Waals surface area contributed by atoms with Gasteiger partial charge < -0.3 is 4.74 Å². The number of fused-ring (bicyclic) bond motifs is 7. The number of hydrogen-bond donors (Lipinski definition) is 0. The summed E-state index contributed by atoms with van der Waals surface area (Å²) in [6, 6.07) is 0. The molecular formula is C21H32O2. The standard InChI is InChI=1S/C21H32O2/c1-13(22)21-18(23-21)12-17-15-8-7-14-6-4-5-10-19(14,2)16(15)9-11-20(17,21)3/h14-18H,4-12H2,1-3H3/t14-,15-,16-,17-,18-,19+,20+,21-/m1/s1. The van der Waals surface area contributed by atoms with Gasteiger partial charge in [0.25, 0.3) is 0 Å². The van der Waals surface area contributed by atoms with Crippen molar-refractivity contribution in [3.63, 3.8) is 0 Å². The number of Topliss-reactive ketones (excluding diaryl/α,β-unsaturated/α-hetero) is 1. The molecule has 5 rings (SSSR count). The van der Waals surface area contributed by atoms with Gasteiger partial charge in [0.15, 0.2) is 11.4 Å². The normalized spacial score (nSPS) is 60.2. The largest absolute Gasteiger partial charge is 0.357 e. The van der Waals surface area contributed by atoms with Crippen molar-refractivity contribution >= 4 is 5.78 Å². The number of carbonyl (C=O) groups excluding carboxylic acids is 1. The lowest BCUT2D eigenvalue weighted by Gasteiger charge is -2.60. The van der Waals surface area contributed by atoms with Crippen LogP contribution < -0.4 is 0 Å². The third kappa shape index (κ3) is 1.58. The molecule has 0 N–H and O–H groups in total. The van der Waals surface area contributed by atoms with Crippen molar-refractivity contribution < 1.29 is 9.53 Å². The molecule has 0 aromatic carbocycles. The van der Waals surface area contributed by atoms with Crippen molar-refractivity contribution in [2.24, 2.45) is 34.5 Å². The van der Waals surface area contributed by atoms with Crippen LogP contribution in [0.2, 0.25) is 0 Å². The highest BCUT2D eigenvalue weighted by Gasteiger charge is 2.79. The third-order valence-corrected chi connectivity index (χ3v) is 9.54. The fraction of sp³-hybridized carbons (Fsp3) is 0.952. The van der Waals surface area contributed by atoms with E-state index in [-0.39, 0.29) is 17.1 Å². The van der Waals surface area contributed by atoms with Crippen molar-refractivity contribution in [1.82, 2.24) is 0 Å². The van der Waals surface area contributed by atoms with Gasteiger partial charge in [-0.3, -0.25) is 4.79 Å². The van der Waals surface area contributed by atoms with Crippen LogP contribution in [0.5, 0.6) is 0 Å². The van der Waals surface area contributed by atoms with Gasteiger partial charge in [-0.1, -0.05) is 26.7 Å². The van der Waals surface area contributed by atoms with E-state index in [0.717, 1.165) is 30.1 Å². The van der Waals surface area contributed by atoms with Gasteiger partial charge in [0, 0.05) is 5.41 Å². The van der Waals surface area contributed by atoms with Gasteiger partial charge in [0.1, 0.15) is 0 Å². The van der Waals surface area contributed by atoms with Crippen LogP contribution in [0.4, 0.5) is 0 Å². The molecule has 0 unspecified atom stereocenters. The summed E-state index contributed by atoms with van der Waals surface area (Å²) in [5.41, 5.74) is 0.342. The van der Waals surface area contributed by atoms with Crippen LogP contribution in [0.1, 0.15) is 78.6 Å². The smallest absolute Gasteiger partial charge is 0.164 e. The van der Waals surface area contributed by atoms with Crippen LogP contribution in [0.15, 0.2) is 0 Å². The highest BCUT2D eigenvalue weighted by molar-refractivity contribution is 5.90. The molecule has 4 aliphatic carbocycles. The molecule has 2 heteroatoms. The molecule has 128 valence electrons.